The molecule has 1 aromatic heterocycles. The minimum atomic E-state index is -0.740. The Balaban J connectivity index is 2.49. The SMILES string of the molecule is C=CCNC(=O)C(=O)Nc1ccccn1. The second-order valence-electron chi connectivity index (χ2n) is 2.67. The number of hydrogen-bond donors (Lipinski definition) is 2. The maximum absolute atomic E-state index is 11.2. The fourth-order valence-corrected chi connectivity index (χ4v) is 0.855. The second kappa shape index (κ2) is 5.54. The van der Waals surface area contributed by atoms with E-state index in [0.717, 1.165) is 0 Å². The molecule has 0 aliphatic carbocycles. The van der Waals surface area contributed by atoms with Gasteiger partial charge in [0.25, 0.3) is 0 Å². The van der Waals surface area contributed by atoms with Crippen molar-refractivity contribution in [3.05, 3.63) is 37.1 Å². The molecule has 0 bridgehead atoms. The van der Waals surface area contributed by atoms with Crippen molar-refractivity contribution in [2.45, 2.75) is 0 Å². The minimum Gasteiger partial charge on any atom is -0.344 e. The van der Waals surface area contributed by atoms with Gasteiger partial charge < -0.3 is 10.6 Å². The number of amides is 2. The zero-order chi connectivity index (χ0) is 11.1. The summed E-state index contributed by atoms with van der Waals surface area (Å²) in [6.07, 6.45) is 3.02. The molecule has 1 heterocycles. The molecule has 2 amide bonds. The van der Waals surface area contributed by atoms with Crippen molar-refractivity contribution in [2.24, 2.45) is 0 Å². The van der Waals surface area contributed by atoms with E-state index in [4.69, 9.17) is 0 Å². The van der Waals surface area contributed by atoms with Crippen LogP contribution in [0.3, 0.4) is 0 Å². The lowest BCUT2D eigenvalue weighted by Crippen LogP contribution is -2.35. The third-order valence-corrected chi connectivity index (χ3v) is 1.52. The summed E-state index contributed by atoms with van der Waals surface area (Å²) in [5, 5.41) is 4.71. The van der Waals surface area contributed by atoms with E-state index >= 15 is 0 Å². The molecular weight excluding hydrogens is 194 g/mol. The van der Waals surface area contributed by atoms with Crippen LogP contribution in [0.2, 0.25) is 0 Å². The van der Waals surface area contributed by atoms with Crippen molar-refractivity contribution in [1.82, 2.24) is 10.3 Å². The van der Waals surface area contributed by atoms with Crippen LogP contribution in [0, 0.1) is 0 Å². The number of carbonyl (C=O) groups excluding carboxylic acids is 2. The van der Waals surface area contributed by atoms with Crippen LogP contribution in [0.15, 0.2) is 37.1 Å². The van der Waals surface area contributed by atoms with Crippen LogP contribution in [-0.2, 0) is 9.59 Å². The van der Waals surface area contributed by atoms with Gasteiger partial charge in [-0.1, -0.05) is 12.1 Å². The Morgan fingerprint density at radius 2 is 2.20 bits per heavy atom. The van der Waals surface area contributed by atoms with Crippen LogP contribution in [0.25, 0.3) is 0 Å². The maximum atomic E-state index is 11.2. The topological polar surface area (TPSA) is 71.1 Å². The van der Waals surface area contributed by atoms with Crippen molar-refractivity contribution in [3.63, 3.8) is 0 Å². The summed E-state index contributed by atoms with van der Waals surface area (Å²) in [4.78, 5) is 26.2. The Kier molecular flexibility index (Phi) is 4.03. The number of nitrogens with zero attached hydrogens (tertiary/aromatic N) is 1. The number of pyridine rings is 1. The van der Waals surface area contributed by atoms with Gasteiger partial charge >= 0.3 is 11.8 Å². The molecular formula is C10H11N3O2. The maximum Gasteiger partial charge on any atom is 0.314 e. The van der Waals surface area contributed by atoms with Crippen LogP contribution in [0.5, 0.6) is 0 Å². The summed E-state index contributed by atoms with van der Waals surface area (Å²) >= 11 is 0. The molecule has 0 spiro atoms. The van der Waals surface area contributed by atoms with E-state index in [1.807, 2.05) is 0 Å². The molecule has 0 aliphatic rings. The normalized spacial score (nSPS) is 9.07. The average Bonchev–Trinajstić information content (AvgIpc) is 2.27. The molecule has 2 N–H and O–H groups in total. The van der Waals surface area contributed by atoms with E-state index in [0.29, 0.717) is 5.82 Å². The molecule has 0 atom stereocenters. The van der Waals surface area contributed by atoms with E-state index in [1.165, 1.54) is 12.3 Å². The van der Waals surface area contributed by atoms with E-state index in [2.05, 4.69) is 22.2 Å². The molecule has 15 heavy (non-hydrogen) atoms. The van der Waals surface area contributed by atoms with Crippen LogP contribution in [0.1, 0.15) is 0 Å². The monoisotopic (exact) mass is 205 g/mol. The second-order valence-corrected chi connectivity index (χ2v) is 2.67. The fourth-order valence-electron chi connectivity index (χ4n) is 0.855. The van der Waals surface area contributed by atoms with Gasteiger partial charge in [0, 0.05) is 12.7 Å². The average molecular weight is 205 g/mol. The summed E-state index contributed by atoms with van der Waals surface area (Å²) in [6.45, 7) is 3.68. The molecule has 0 saturated carbocycles. The third-order valence-electron chi connectivity index (χ3n) is 1.52. The van der Waals surface area contributed by atoms with Gasteiger partial charge in [-0.15, -0.1) is 6.58 Å². The number of rotatable bonds is 3. The van der Waals surface area contributed by atoms with Gasteiger partial charge in [-0.3, -0.25) is 9.59 Å². The van der Waals surface area contributed by atoms with Crippen molar-refractivity contribution < 1.29 is 9.59 Å². The Morgan fingerprint density at radius 1 is 1.40 bits per heavy atom. The van der Waals surface area contributed by atoms with Gasteiger partial charge in [-0.05, 0) is 12.1 Å². The zero-order valence-corrected chi connectivity index (χ0v) is 8.06. The van der Waals surface area contributed by atoms with Crippen LogP contribution < -0.4 is 10.6 Å². The lowest BCUT2D eigenvalue weighted by atomic mass is 10.4. The Bertz CT molecular complexity index is 362. The number of nitrogens with one attached hydrogen (secondary N) is 2. The largest absolute Gasteiger partial charge is 0.344 e. The number of hydrogen-bond acceptors (Lipinski definition) is 3. The van der Waals surface area contributed by atoms with Crippen molar-refractivity contribution in [3.8, 4) is 0 Å². The Hall–Kier alpha value is -2.17. The lowest BCUT2D eigenvalue weighted by molar-refractivity contribution is -0.136. The quantitative estimate of drug-likeness (QED) is 0.551. The van der Waals surface area contributed by atoms with Crippen LogP contribution >= 0.6 is 0 Å². The smallest absolute Gasteiger partial charge is 0.314 e. The fraction of sp³-hybridized carbons (Fsp3) is 0.100. The minimum absolute atomic E-state index is 0.258. The molecule has 5 heteroatoms. The highest BCUT2D eigenvalue weighted by Gasteiger charge is 2.12. The molecule has 0 aliphatic heterocycles. The van der Waals surface area contributed by atoms with Gasteiger partial charge in [0.15, 0.2) is 0 Å². The van der Waals surface area contributed by atoms with Crippen molar-refractivity contribution in [1.29, 1.82) is 0 Å². The lowest BCUT2D eigenvalue weighted by Gasteiger charge is -2.03. The highest BCUT2D eigenvalue weighted by atomic mass is 16.2. The van der Waals surface area contributed by atoms with E-state index < -0.39 is 11.8 Å². The first-order chi connectivity index (χ1) is 7.24. The van der Waals surface area contributed by atoms with Crippen molar-refractivity contribution >= 4 is 17.6 Å². The molecule has 0 unspecified atom stereocenters. The summed E-state index contributed by atoms with van der Waals surface area (Å²) in [5.41, 5.74) is 0. The van der Waals surface area contributed by atoms with Gasteiger partial charge in [0.05, 0.1) is 0 Å². The summed E-state index contributed by atoms with van der Waals surface area (Å²) in [7, 11) is 0. The van der Waals surface area contributed by atoms with E-state index in [9.17, 15) is 9.59 Å². The molecule has 78 valence electrons. The molecule has 1 rings (SSSR count). The number of carbonyl (C=O) groups is 2. The Morgan fingerprint density at radius 3 is 2.80 bits per heavy atom. The zero-order valence-electron chi connectivity index (χ0n) is 8.06. The van der Waals surface area contributed by atoms with Crippen LogP contribution in [-0.4, -0.2) is 23.3 Å². The molecule has 0 fully saturated rings. The highest BCUT2D eigenvalue weighted by Crippen LogP contribution is 1.98. The first-order valence-electron chi connectivity index (χ1n) is 4.35. The molecule has 0 saturated heterocycles. The molecule has 1 aromatic rings. The number of anilines is 1. The molecule has 0 radical (unpaired) electrons. The van der Waals surface area contributed by atoms with Crippen LogP contribution in [0.4, 0.5) is 5.82 Å². The van der Waals surface area contributed by atoms with Gasteiger partial charge in [0.2, 0.25) is 0 Å². The van der Waals surface area contributed by atoms with Gasteiger partial charge in [-0.2, -0.15) is 0 Å². The van der Waals surface area contributed by atoms with Gasteiger partial charge in [0.1, 0.15) is 5.82 Å². The third kappa shape index (κ3) is 3.60. The Labute approximate surface area is 87.2 Å². The summed E-state index contributed by atoms with van der Waals surface area (Å²) in [5.74, 6) is -1.10. The van der Waals surface area contributed by atoms with Gasteiger partial charge in [-0.25, -0.2) is 4.98 Å². The van der Waals surface area contributed by atoms with Crippen molar-refractivity contribution in [2.75, 3.05) is 11.9 Å². The summed E-state index contributed by atoms with van der Waals surface area (Å²) < 4.78 is 0. The predicted octanol–water partition coefficient (Wildman–Crippen LogP) is 0.322. The first-order valence-corrected chi connectivity index (χ1v) is 4.35. The highest BCUT2D eigenvalue weighted by molar-refractivity contribution is 6.39. The predicted molar refractivity (Wildman–Crippen MR) is 56.1 cm³/mol. The first kappa shape index (κ1) is 10.9. The molecule has 0 aromatic carbocycles. The van der Waals surface area contributed by atoms with E-state index in [-0.39, 0.29) is 6.54 Å². The summed E-state index contributed by atoms with van der Waals surface area (Å²) in [6, 6.07) is 5.02. The van der Waals surface area contributed by atoms with E-state index in [1.54, 1.807) is 18.2 Å². The standard InChI is InChI=1S/C10H11N3O2/c1-2-6-12-9(14)10(15)13-8-5-3-4-7-11-8/h2-5,7H,1,6H2,(H,12,14)(H,11,13,15). The number of aromatic nitrogens is 1. The molecule has 5 nitrogen and oxygen atoms in total.